The average Bonchev–Trinajstić information content (AvgIpc) is 2.79. The van der Waals surface area contributed by atoms with Crippen molar-refractivity contribution in [3.05, 3.63) is 92.8 Å². The molecular formula is C25H17Br3N4. The summed E-state index contributed by atoms with van der Waals surface area (Å²) in [6.45, 7) is 0. The summed E-state index contributed by atoms with van der Waals surface area (Å²) in [7, 11) is 0. The van der Waals surface area contributed by atoms with Gasteiger partial charge in [0.15, 0.2) is 0 Å². The minimum absolute atomic E-state index is 0. The third kappa shape index (κ3) is 4.51. The molecule has 0 amide bonds. The molecule has 0 spiro atoms. The number of pyridine rings is 4. The molecule has 32 heavy (non-hydrogen) atoms. The van der Waals surface area contributed by atoms with E-state index in [2.05, 4.69) is 79.9 Å². The van der Waals surface area contributed by atoms with E-state index < -0.39 is 0 Å². The monoisotopic (exact) mass is 611 g/mol. The molecule has 6 aromatic rings. The SMILES string of the molecule is Brc1ccc2ccc3ccc(Br)nc3c2n1.C.[2H]c1ccc2ccc3ccc(Br)nc3c2n1. The highest BCUT2D eigenvalue weighted by atomic mass is 79.9. The van der Waals surface area contributed by atoms with Gasteiger partial charge in [-0.3, -0.25) is 4.98 Å². The van der Waals surface area contributed by atoms with Crippen LogP contribution in [0.25, 0.3) is 43.6 Å². The fraction of sp³-hybridized carbons (Fsp3) is 0.0400. The van der Waals surface area contributed by atoms with Gasteiger partial charge >= 0.3 is 0 Å². The van der Waals surface area contributed by atoms with Crippen LogP contribution in [0.1, 0.15) is 8.80 Å². The molecule has 0 saturated heterocycles. The molecule has 0 saturated carbocycles. The minimum Gasteiger partial charge on any atom is -0.254 e. The number of rotatable bonds is 0. The number of aromatic nitrogens is 4. The molecule has 6 rings (SSSR count). The molecule has 0 aliphatic rings. The van der Waals surface area contributed by atoms with Crippen molar-refractivity contribution in [1.82, 2.24) is 19.9 Å². The number of fused-ring (bicyclic) bond motifs is 6. The van der Waals surface area contributed by atoms with Crippen molar-refractivity contribution >= 4 is 91.4 Å². The van der Waals surface area contributed by atoms with Crippen LogP contribution in [0.2, 0.25) is 0 Å². The second-order valence-corrected chi connectivity index (χ2v) is 9.20. The van der Waals surface area contributed by atoms with E-state index in [1.54, 1.807) is 6.07 Å². The van der Waals surface area contributed by atoms with Crippen LogP contribution in [0.4, 0.5) is 0 Å². The lowest BCUT2D eigenvalue weighted by atomic mass is 10.1. The third-order valence-electron chi connectivity index (χ3n) is 4.80. The molecule has 158 valence electrons. The molecule has 2 aromatic carbocycles. The minimum atomic E-state index is 0. The van der Waals surface area contributed by atoms with Crippen LogP contribution < -0.4 is 0 Å². The summed E-state index contributed by atoms with van der Waals surface area (Å²) in [5.74, 6) is 0. The van der Waals surface area contributed by atoms with Crippen LogP contribution in [-0.4, -0.2) is 19.9 Å². The van der Waals surface area contributed by atoms with Crippen molar-refractivity contribution in [3.8, 4) is 0 Å². The summed E-state index contributed by atoms with van der Waals surface area (Å²) in [5.41, 5.74) is 3.47. The van der Waals surface area contributed by atoms with E-state index in [4.69, 9.17) is 1.37 Å². The Morgan fingerprint density at radius 2 is 0.844 bits per heavy atom. The fourth-order valence-electron chi connectivity index (χ4n) is 3.37. The van der Waals surface area contributed by atoms with Gasteiger partial charge in [-0.1, -0.05) is 56.0 Å². The first-order valence-corrected chi connectivity index (χ1v) is 11.7. The Morgan fingerprint density at radius 3 is 1.28 bits per heavy atom. The number of halogens is 3. The van der Waals surface area contributed by atoms with Crippen LogP contribution >= 0.6 is 47.8 Å². The quantitative estimate of drug-likeness (QED) is 0.127. The maximum Gasteiger partial charge on any atom is 0.106 e. The van der Waals surface area contributed by atoms with E-state index in [-0.39, 0.29) is 13.6 Å². The van der Waals surface area contributed by atoms with Gasteiger partial charge in [0.2, 0.25) is 0 Å². The summed E-state index contributed by atoms with van der Waals surface area (Å²) < 4.78 is 9.99. The third-order valence-corrected chi connectivity index (χ3v) is 6.12. The van der Waals surface area contributed by atoms with E-state index in [0.29, 0.717) is 0 Å². The van der Waals surface area contributed by atoms with Gasteiger partial charge in [0.05, 0.1) is 23.4 Å². The number of nitrogens with zero attached hydrogens (tertiary/aromatic N) is 4. The van der Waals surface area contributed by atoms with Gasteiger partial charge in [0.25, 0.3) is 0 Å². The van der Waals surface area contributed by atoms with Crippen molar-refractivity contribution in [2.75, 3.05) is 0 Å². The summed E-state index contributed by atoms with van der Waals surface area (Å²) in [6.07, 6.45) is 0.266. The smallest absolute Gasteiger partial charge is 0.106 e. The molecular weight excluding hydrogens is 596 g/mol. The van der Waals surface area contributed by atoms with Gasteiger partial charge in [0, 0.05) is 27.7 Å². The highest BCUT2D eigenvalue weighted by Crippen LogP contribution is 2.25. The zero-order valence-electron chi connectivity index (χ0n) is 16.9. The van der Waals surface area contributed by atoms with Gasteiger partial charge in [-0.25, -0.2) is 15.0 Å². The Morgan fingerprint density at radius 1 is 0.500 bits per heavy atom. The molecule has 0 unspecified atom stereocenters. The highest BCUT2D eigenvalue weighted by molar-refractivity contribution is 9.11. The zero-order chi connectivity index (χ0) is 22.2. The Hall–Kier alpha value is -2.48. The Kier molecular flexibility index (Phi) is 6.39. The molecule has 0 aliphatic carbocycles. The zero-order valence-corrected chi connectivity index (χ0v) is 20.6. The average molecular weight is 614 g/mol. The lowest BCUT2D eigenvalue weighted by Gasteiger charge is -2.03. The molecule has 0 N–H and O–H groups in total. The van der Waals surface area contributed by atoms with Gasteiger partial charge in [-0.05, 0) is 72.1 Å². The van der Waals surface area contributed by atoms with Gasteiger partial charge in [-0.2, -0.15) is 0 Å². The molecule has 0 atom stereocenters. The lowest BCUT2D eigenvalue weighted by molar-refractivity contribution is 1.32. The van der Waals surface area contributed by atoms with Crippen molar-refractivity contribution < 1.29 is 1.37 Å². The normalized spacial score (nSPS) is 11.2. The fourth-order valence-corrected chi connectivity index (χ4v) is 4.29. The molecule has 0 bridgehead atoms. The van der Waals surface area contributed by atoms with Crippen LogP contribution in [-0.2, 0) is 0 Å². The molecule has 0 fully saturated rings. The van der Waals surface area contributed by atoms with Crippen LogP contribution in [0.3, 0.4) is 0 Å². The Bertz CT molecular complexity index is 1400. The van der Waals surface area contributed by atoms with Crippen LogP contribution in [0.5, 0.6) is 0 Å². The second-order valence-electron chi connectivity index (χ2n) is 6.76. The lowest BCUT2D eigenvalue weighted by Crippen LogP contribution is -1.86. The number of hydrogen-bond acceptors (Lipinski definition) is 4. The van der Waals surface area contributed by atoms with E-state index in [1.807, 2.05) is 54.6 Å². The predicted molar refractivity (Wildman–Crippen MR) is 144 cm³/mol. The summed E-state index contributed by atoms with van der Waals surface area (Å²) in [6, 6.07) is 23.6. The first-order valence-electron chi connectivity index (χ1n) is 9.82. The number of benzene rings is 2. The number of hydrogen-bond donors (Lipinski definition) is 0. The summed E-state index contributed by atoms with van der Waals surface area (Å²) in [4.78, 5) is 17.6. The van der Waals surface area contributed by atoms with Crippen molar-refractivity contribution in [2.45, 2.75) is 7.43 Å². The van der Waals surface area contributed by atoms with Gasteiger partial charge in [0.1, 0.15) is 13.8 Å². The van der Waals surface area contributed by atoms with E-state index in [0.717, 1.165) is 57.4 Å². The topological polar surface area (TPSA) is 51.6 Å². The molecule has 0 aliphatic heterocycles. The molecule has 4 aromatic heterocycles. The van der Waals surface area contributed by atoms with Gasteiger partial charge in [-0.15, -0.1) is 0 Å². The highest BCUT2D eigenvalue weighted by Gasteiger charge is 2.05. The van der Waals surface area contributed by atoms with E-state index in [9.17, 15) is 0 Å². The molecule has 4 heterocycles. The molecule has 0 radical (unpaired) electrons. The standard InChI is InChI=1S/C12H6Br2N2.C12H7BrN2.CH4/c13-9-5-3-7-1-2-8-4-6-10(14)16-12(8)11(7)15-9;13-10-6-5-9-4-3-8-2-1-7-14-11(8)12(9)15-10;/h1-6H;1-7H;1H4/i;7D;. The Balaban J connectivity index is 0.000000152. The van der Waals surface area contributed by atoms with Crippen LogP contribution in [0, 0.1) is 0 Å². The molecule has 7 heteroatoms. The molecule has 4 nitrogen and oxygen atoms in total. The summed E-state index contributed by atoms with van der Waals surface area (Å²) >= 11 is 10.1. The maximum atomic E-state index is 7.56. The largest absolute Gasteiger partial charge is 0.254 e. The van der Waals surface area contributed by atoms with Gasteiger partial charge < -0.3 is 0 Å². The van der Waals surface area contributed by atoms with E-state index in [1.165, 1.54) is 0 Å². The first-order chi connectivity index (χ1) is 15.5. The second kappa shape index (κ2) is 9.57. The maximum absolute atomic E-state index is 7.56. The van der Waals surface area contributed by atoms with Crippen molar-refractivity contribution in [1.29, 1.82) is 0 Å². The first kappa shape index (κ1) is 21.4. The van der Waals surface area contributed by atoms with Crippen molar-refractivity contribution in [2.24, 2.45) is 0 Å². The summed E-state index contributed by atoms with van der Waals surface area (Å²) in [5, 5.41) is 4.24. The predicted octanol–water partition coefficient (Wildman–Crippen LogP) is 8.49. The van der Waals surface area contributed by atoms with E-state index >= 15 is 0 Å². The van der Waals surface area contributed by atoms with Crippen molar-refractivity contribution in [3.63, 3.8) is 0 Å². The van der Waals surface area contributed by atoms with Crippen LogP contribution in [0.15, 0.2) is 92.8 Å². The Labute approximate surface area is 211 Å².